The van der Waals surface area contributed by atoms with Gasteiger partial charge in [0.1, 0.15) is 23.9 Å². The third-order valence-electron chi connectivity index (χ3n) is 9.98. The van der Waals surface area contributed by atoms with Gasteiger partial charge in [0.2, 0.25) is 5.91 Å². The SMILES string of the molecule is C=CC(=O)N1CC2C(=O)N(C)c3c(c4cc(F)c(-c5c(C)ccc6[nH]c(=O)oc56)c(Cl)c4n(-c4c(C(C)C)ncnc4C(C)C)c3=O)N2CC1C. The van der Waals surface area contributed by atoms with E-state index in [1.165, 1.54) is 35.0 Å². The second-order valence-corrected chi connectivity index (χ2v) is 14.2. The van der Waals surface area contributed by atoms with E-state index in [2.05, 4.69) is 21.5 Å². The molecule has 51 heavy (non-hydrogen) atoms. The van der Waals surface area contributed by atoms with Gasteiger partial charge < -0.3 is 19.1 Å². The highest BCUT2D eigenvalue weighted by molar-refractivity contribution is 6.39. The summed E-state index contributed by atoms with van der Waals surface area (Å²) in [5.74, 6) is -2.53. The number of hydrogen-bond donors (Lipinski definition) is 1. The first-order valence-electron chi connectivity index (χ1n) is 16.7. The molecule has 3 aromatic heterocycles. The third-order valence-corrected chi connectivity index (χ3v) is 10.3. The third kappa shape index (κ3) is 5.00. The number of nitrogens with zero attached hydrogens (tertiary/aromatic N) is 6. The predicted octanol–water partition coefficient (Wildman–Crippen LogP) is 5.80. The molecular formula is C37H37ClFN7O5. The number of halogens is 2. The number of anilines is 2. The van der Waals surface area contributed by atoms with E-state index < -0.39 is 29.1 Å². The van der Waals surface area contributed by atoms with Crippen LogP contribution in [0.15, 0.2) is 51.2 Å². The van der Waals surface area contributed by atoms with Crippen LogP contribution in [0.25, 0.3) is 38.8 Å². The molecule has 12 nitrogen and oxygen atoms in total. The molecule has 2 aliphatic heterocycles. The van der Waals surface area contributed by atoms with Crippen molar-refractivity contribution in [1.82, 2.24) is 24.4 Å². The van der Waals surface area contributed by atoms with E-state index in [0.29, 0.717) is 33.8 Å². The number of pyridine rings is 1. The molecule has 2 amide bonds. The lowest BCUT2D eigenvalue weighted by Crippen LogP contribution is -2.66. The number of aromatic nitrogens is 4. The molecule has 0 saturated carbocycles. The summed E-state index contributed by atoms with van der Waals surface area (Å²) in [5.41, 5.74) is 2.67. The van der Waals surface area contributed by atoms with Gasteiger partial charge in [-0.05, 0) is 49.5 Å². The summed E-state index contributed by atoms with van der Waals surface area (Å²) in [4.78, 5) is 71.0. The van der Waals surface area contributed by atoms with Crippen molar-refractivity contribution in [2.24, 2.45) is 0 Å². The van der Waals surface area contributed by atoms with Gasteiger partial charge in [-0.15, -0.1) is 0 Å². The van der Waals surface area contributed by atoms with Crippen LogP contribution in [0.3, 0.4) is 0 Å². The van der Waals surface area contributed by atoms with E-state index in [4.69, 9.17) is 16.0 Å². The van der Waals surface area contributed by atoms with Gasteiger partial charge in [0.05, 0.1) is 45.4 Å². The quantitative estimate of drug-likeness (QED) is 0.226. The van der Waals surface area contributed by atoms with Crippen molar-refractivity contribution < 1.29 is 18.4 Å². The molecule has 2 unspecified atom stereocenters. The predicted molar refractivity (Wildman–Crippen MR) is 195 cm³/mol. The minimum atomic E-state index is -0.870. The smallest absolute Gasteiger partial charge is 0.407 e. The summed E-state index contributed by atoms with van der Waals surface area (Å²) < 4.78 is 23.9. The summed E-state index contributed by atoms with van der Waals surface area (Å²) in [5, 5.41) is 0.159. The van der Waals surface area contributed by atoms with E-state index in [1.54, 1.807) is 28.9 Å². The molecule has 0 radical (unpaired) electrons. The summed E-state index contributed by atoms with van der Waals surface area (Å²) in [6, 6.07) is 3.44. The van der Waals surface area contributed by atoms with Crippen LogP contribution >= 0.6 is 11.6 Å². The second-order valence-electron chi connectivity index (χ2n) is 13.8. The molecule has 5 heterocycles. The van der Waals surface area contributed by atoms with Crippen molar-refractivity contribution in [2.75, 3.05) is 29.9 Å². The Morgan fingerprint density at radius 1 is 1.06 bits per heavy atom. The largest absolute Gasteiger partial charge is 0.417 e. The molecule has 0 bridgehead atoms. The first kappa shape index (κ1) is 34.2. The molecule has 2 aromatic carbocycles. The van der Waals surface area contributed by atoms with Crippen LogP contribution in [-0.4, -0.2) is 68.5 Å². The van der Waals surface area contributed by atoms with Crippen molar-refractivity contribution in [3.8, 4) is 16.8 Å². The number of hydrogen-bond acceptors (Lipinski definition) is 8. The zero-order valence-electron chi connectivity index (χ0n) is 29.3. The van der Waals surface area contributed by atoms with Gasteiger partial charge in [0, 0.05) is 36.1 Å². The molecule has 1 saturated heterocycles. The van der Waals surface area contributed by atoms with Crippen LogP contribution < -0.4 is 21.1 Å². The van der Waals surface area contributed by atoms with E-state index in [-0.39, 0.29) is 75.2 Å². The number of carbonyl (C=O) groups excluding carboxylic acids is 2. The zero-order chi connectivity index (χ0) is 36.8. The number of amides is 2. The Bertz CT molecular complexity index is 2420. The van der Waals surface area contributed by atoms with Crippen molar-refractivity contribution in [3.63, 3.8) is 0 Å². The number of fused-ring (bicyclic) bond motifs is 6. The summed E-state index contributed by atoms with van der Waals surface area (Å²) >= 11 is 7.41. The van der Waals surface area contributed by atoms with Gasteiger partial charge in [0.25, 0.3) is 11.5 Å². The van der Waals surface area contributed by atoms with Gasteiger partial charge in [-0.2, -0.15) is 0 Å². The highest BCUT2D eigenvalue weighted by Crippen LogP contribution is 2.48. The van der Waals surface area contributed by atoms with E-state index in [1.807, 2.05) is 34.6 Å². The Labute approximate surface area is 297 Å². The van der Waals surface area contributed by atoms with E-state index in [0.717, 1.165) is 0 Å². The Kier molecular flexibility index (Phi) is 8.16. The fourth-order valence-electron chi connectivity index (χ4n) is 7.58. The molecule has 264 valence electrons. The van der Waals surface area contributed by atoms with Crippen LogP contribution in [0.5, 0.6) is 0 Å². The number of benzene rings is 2. The van der Waals surface area contributed by atoms with Crippen molar-refractivity contribution in [1.29, 1.82) is 0 Å². The summed E-state index contributed by atoms with van der Waals surface area (Å²) in [6.45, 7) is 15.2. The van der Waals surface area contributed by atoms with Crippen LogP contribution in [0.4, 0.5) is 15.8 Å². The summed E-state index contributed by atoms with van der Waals surface area (Å²) in [6.07, 6.45) is 2.66. The molecule has 0 aliphatic carbocycles. The lowest BCUT2D eigenvalue weighted by Gasteiger charge is -2.50. The van der Waals surface area contributed by atoms with Crippen molar-refractivity contribution in [3.05, 3.63) is 85.9 Å². The average Bonchev–Trinajstić information content (AvgIpc) is 3.47. The number of H-pyrrole nitrogens is 1. The molecule has 0 spiro atoms. The van der Waals surface area contributed by atoms with Crippen molar-refractivity contribution in [2.45, 2.75) is 65.5 Å². The molecule has 2 aliphatic rings. The standard InChI is InChI=1S/C37H37ClFN7O5/c1-9-24(47)44-14-23-35(48)43(8)33-31(45(23)13-19(44)7)20-12-21(39)26(25-18(6)10-11-22-34(25)51-37(50)42-22)27(38)30(20)46(36(33)49)32-28(16(2)3)40-15-41-29(32)17(4)5/h9-12,15-17,19,23H,1,13-14H2,2-8H3,(H,42,50). The molecule has 1 fully saturated rings. The maximum Gasteiger partial charge on any atom is 0.417 e. The monoisotopic (exact) mass is 713 g/mol. The summed E-state index contributed by atoms with van der Waals surface area (Å²) in [7, 11) is 1.51. The van der Waals surface area contributed by atoms with Crippen LogP contribution in [0, 0.1) is 12.7 Å². The molecule has 5 aromatic rings. The van der Waals surface area contributed by atoms with Crippen molar-refractivity contribution >= 4 is 56.8 Å². The lowest BCUT2D eigenvalue weighted by atomic mass is 9.93. The normalized spacial score (nSPS) is 17.5. The first-order valence-corrected chi connectivity index (χ1v) is 17.1. The minimum Gasteiger partial charge on any atom is -0.407 e. The minimum absolute atomic E-state index is 0.0305. The van der Waals surface area contributed by atoms with Gasteiger partial charge >= 0.3 is 5.76 Å². The highest BCUT2D eigenvalue weighted by atomic mass is 35.5. The van der Waals surface area contributed by atoms with Gasteiger partial charge in [-0.25, -0.2) is 19.2 Å². The zero-order valence-corrected chi connectivity index (χ0v) is 30.1. The van der Waals surface area contributed by atoms with E-state index >= 15 is 9.18 Å². The first-order chi connectivity index (χ1) is 24.2. The number of nitrogens with one attached hydrogen (secondary N) is 1. The topological polar surface area (TPSA) is 138 Å². The van der Waals surface area contributed by atoms with Gasteiger partial charge in [-0.3, -0.25) is 23.9 Å². The van der Waals surface area contributed by atoms with Crippen LogP contribution in [-0.2, 0) is 9.59 Å². The lowest BCUT2D eigenvalue weighted by molar-refractivity contribution is -0.130. The molecule has 7 rings (SSSR count). The Hall–Kier alpha value is -5.30. The van der Waals surface area contributed by atoms with Gasteiger partial charge in [0.15, 0.2) is 5.58 Å². The molecule has 1 N–H and O–H groups in total. The Balaban J connectivity index is 1.68. The second kappa shape index (κ2) is 12.2. The number of carbonyl (C=O) groups is 2. The average molecular weight is 714 g/mol. The fraction of sp³-hybridized carbons (Fsp3) is 0.351. The molecule has 14 heteroatoms. The number of aromatic amines is 1. The molecule has 2 atom stereocenters. The highest BCUT2D eigenvalue weighted by Gasteiger charge is 2.46. The number of rotatable bonds is 5. The number of piperazine rings is 1. The molecular weight excluding hydrogens is 677 g/mol. The fourth-order valence-corrected chi connectivity index (χ4v) is 7.95. The Morgan fingerprint density at radius 2 is 1.73 bits per heavy atom. The Morgan fingerprint density at radius 3 is 2.35 bits per heavy atom. The van der Waals surface area contributed by atoms with Crippen LogP contribution in [0.1, 0.15) is 63.4 Å². The van der Waals surface area contributed by atoms with E-state index in [9.17, 15) is 14.4 Å². The number of likely N-dealkylation sites (N-methyl/N-ethyl adjacent to an activating group) is 1. The van der Waals surface area contributed by atoms with Crippen LogP contribution in [0.2, 0.25) is 5.02 Å². The maximum atomic E-state index is 17.0. The number of aryl methyl sites for hydroxylation is 1. The maximum absolute atomic E-state index is 17.0. The number of oxazole rings is 1. The van der Waals surface area contributed by atoms with Gasteiger partial charge in [-0.1, -0.05) is 51.9 Å².